The lowest BCUT2D eigenvalue weighted by atomic mass is 9.84. The molecular formula is C24H22N4O4. The van der Waals surface area contributed by atoms with Gasteiger partial charge >= 0.3 is 0 Å². The number of nitrogens with two attached hydrogens (primary N) is 1. The Morgan fingerprint density at radius 3 is 2.53 bits per heavy atom. The monoisotopic (exact) mass is 430 g/mol. The molecule has 32 heavy (non-hydrogen) atoms. The Bertz CT molecular complexity index is 1270. The average Bonchev–Trinajstić information content (AvgIpc) is 2.78. The average molecular weight is 430 g/mol. The fourth-order valence-electron chi connectivity index (χ4n) is 4.00. The van der Waals surface area contributed by atoms with Gasteiger partial charge in [-0.3, -0.25) is 4.79 Å². The van der Waals surface area contributed by atoms with E-state index in [-0.39, 0.29) is 22.7 Å². The SMILES string of the molecule is Cc1cc2c(c(=O)n1CCc1ccccc1)[C@@H](c1ccc([NH+]([O-])O)cc1)C(C#N)=C(N)O2. The number of benzene rings is 2. The summed E-state index contributed by atoms with van der Waals surface area (Å²) in [5, 5.41) is 29.1. The van der Waals surface area contributed by atoms with Gasteiger partial charge in [-0.25, -0.2) is 5.21 Å². The van der Waals surface area contributed by atoms with Crippen LogP contribution in [0.25, 0.3) is 0 Å². The van der Waals surface area contributed by atoms with Gasteiger partial charge in [-0.15, -0.1) is 0 Å². The first-order valence-electron chi connectivity index (χ1n) is 10.1. The van der Waals surface area contributed by atoms with Gasteiger partial charge in [0, 0.05) is 30.4 Å². The summed E-state index contributed by atoms with van der Waals surface area (Å²) in [7, 11) is 0. The van der Waals surface area contributed by atoms with E-state index in [0.29, 0.717) is 29.8 Å². The van der Waals surface area contributed by atoms with Crippen LogP contribution in [-0.4, -0.2) is 9.77 Å². The van der Waals surface area contributed by atoms with Crippen LogP contribution in [-0.2, 0) is 13.0 Å². The molecule has 0 saturated heterocycles. The van der Waals surface area contributed by atoms with Gasteiger partial charge in [-0.05, 0) is 24.5 Å². The van der Waals surface area contributed by atoms with E-state index in [1.54, 1.807) is 22.8 Å². The number of rotatable bonds is 5. The van der Waals surface area contributed by atoms with Crippen LogP contribution in [0.3, 0.4) is 0 Å². The number of nitrogens with zero attached hydrogens (tertiary/aromatic N) is 2. The molecule has 2 heterocycles. The summed E-state index contributed by atoms with van der Waals surface area (Å²) >= 11 is 0. The number of aromatic nitrogens is 1. The van der Waals surface area contributed by atoms with Gasteiger partial charge in [-0.1, -0.05) is 42.5 Å². The number of allylic oxidation sites excluding steroid dienone is 1. The molecule has 0 bridgehead atoms. The topological polar surface area (TPSA) is 129 Å². The Morgan fingerprint density at radius 2 is 1.91 bits per heavy atom. The van der Waals surface area contributed by atoms with Gasteiger partial charge in [0.15, 0.2) is 5.69 Å². The van der Waals surface area contributed by atoms with Crippen molar-refractivity contribution in [3.63, 3.8) is 0 Å². The summed E-state index contributed by atoms with van der Waals surface area (Å²) in [6.45, 7) is 2.29. The molecule has 4 rings (SSSR count). The van der Waals surface area contributed by atoms with Crippen LogP contribution >= 0.6 is 0 Å². The molecule has 4 N–H and O–H groups in total. The number of aryl methyl sites for hydroxylation is 2. The molecule has 3 aromatic rings. The van der Waals surface area contributed by atoms with E-state index in [0.717, 1.165) is 11.3 Å². The maximum atomic E-state index is 13.6. The maximum Gasteiger partial charge on any atom is 0.258 e. The zero-order chi connectivity index (χ0) is 22.8. The predicted octanol–water partition coefficient (Wildman–Crippen LogP) is 2.02. The number of pyridine rings is 1. The number of nitriles is 1. The largest absolute Gasteiger partial charge is 0.595 e. The zero-order valence-corrected chi connectivity index (χ0v) is 17.4. The van der Waals surface area contributed by atoms with Crippen LogP contribution in [0.4, 0.5) is 5.69 Å². The standard InChI is InChI=1S/C24H22N4O4/c1-15-13-20-22(24(29)27(15)12-11-16-5-3-2-4-6-16)21(19(14-25)23(26)32-20)17-7-9-18(10-8-17)28(30)31/h2-10,13,21,28,30H,11-12,26H2,1H3/t21-/m0/s1. The van der Waals surface area contributed by atoms with Crippen LogP contribution in [0.2, 0.25) is 0 Å². The number of hydrogen-bond donors (Lipinski definition) is 3. The molecule has 0 radical (unpaired) electrons. The summed E-state index contributed by atoms with van der Waals surface area (Å²) in [5.74, 6) is -0.497. The van der Waals surface area contributed by atoms with E-state index in [1.807, 2.05) is 37.3 Å². The minimum Gasteiger partial charge on any atom is -0.595 e. The van der Waals surface area contributed by atoms with Crippen LogP contribution < -0.4 is 21.3 Å². The zero-order valence-electron chi connectivity index (χ0n) is 17.4. The molecule has 0 saturated carbocycles. The second kappa shape index (κ2) is 8.69. The van der Waals surface area contributed by atoms with Crippen molar-refractivity contribution in [1.29, 1.82) is 5.26 Å². The molecule has 2 atom stereocenters. The van der Waals surface area contributed by atoms with Crippen LogP contribution in [0.1, 0.15) is 28.3 Å². The fourth-order valence-corrected chi connectivity index (χ4v) is 4.00. The van der Waals surface area contributed by atoms with Gasteiger partial charge in [0.2, 0.25) is 5.88 Å². The third kappa shape index (κ3) is 3.88. The summed E-state index contributed by atoms with van der Waals surface area (Å²) in [4.78, 5) is 13.6. The Balaban J connectivity index is 1.81. The summed E-state index contributed by atoms with van der Waals surface area (Å²) < 4.78 is 7.33. The second-order valence-corrected chi connectivity index (χ2v) is 7.61. The van der Waals surface area contributed by atoms with Crippen LogP contribution in [0.15, 0.2) is 76.9 Å². The molecule has 0 amide bonds. The number of hydrogen-bond acceptors (Lipinski definition) is 6. The van der Waals surface area contributed by atoms with E-state index >= 15 is 0 Å². The Kier molecular flexibility index (Phi) is 5.79. The molecule has 1 unspecified atom stereocenters. The predicted molar refractivity (Wildman–Crippen MR) is 117 cm³/mol. The van der Waals surface area contributed by atoms with Crippen molar-refractivity contribution in [1.82, 2.24) is 4.57 Å². The van der Waals surface area contributed by atoms with E-state index in [9.17, 15) is 20.5 Å². The first-order valence-corrected chi connectivity index (χ1v) is 10.1. The highest BCUT2D eigenvalue weighted by Gasteiger charge is 2.34. The lowest BCUT2D eigenvalue weighted by molar-refractivity contribution is -0.991. The normalized spacial score (nSPS) is 16.1. The highest BCUT2D eigenvalue weighted by atomic mass is 16.8. The molecule has 8 nitrogen and oxygen atoms in total. The number of fused-ring (bicyclic) bond motifs is 1. The molecule has 162 valence electrons. The van der Waals surface area contributed by atoms with Crippen LogP contribution in [0, 0.1) is 23.5 Å². The third-order valence-electron chi connectivity index (χ3n) is 5.65. The first kappa shape index (κ1) is 21.3. The van der Waals surface area contributed by atoms with Crippen molar-refractivity contribution in [3.8, 4) is 11.8 Å². The van der Waals surface area contributed by atoms with E-state index in [2.05, 4.69) is 6.07 Å². The van der Waals surface area contributed by atoms with Crippen LogP contribution in [0.5, 0.6) is 5.75 Å². The highest BCUT2D eigenvalue weighted by molar-refractivity contribution is 5.56. The Labute approximate surface area is 184 Å². The van der Waals surface area contributed by atoms with Crippen molar-refractivity contribution < 1.29 is 15.2 Å². The van der Waals surface area contributed by atoms with Gasteiger partial charge in [0.25, 0.3) is 5.56 Å². The van der Waals surface area contributed by atoms with Crippen molar-refractivity contribution in [2.75, 3.05) is 0 Å². The van der Waals surface area contributed by atoms with Gasteiger partial charge in [0.1, 0.15) is 17.4 Å². The number of nitrogens with one attached hydrogen (secondary N) is 1. The highest BCUT2D eigenvalue weighted by Crippen LogP contribution is 2.40. The summed E-state index contributed by atoms with van der Waals surface area (Å²) in [6.07, 6.45) is 0.669. The summed E-state index contributed by atoms with van der Waals surface area (Å²) in [5.41, 5.74) is 8.72. The lowest BCUT2D eigenvalue weighted by Crippen LogP contribution is -2.99. The van der Waals surface area contributed by atoms with Crippen molar-refractivity contribution in [2.24, 2.45) is 5.73 Å². The minimum atomic E-state index is -1.06. The van der Waals surface area contributed by atoms with Crippen molar-refractivity contribution >= 4 is 5.69 Å². The molecule has 2 aromatic carbocycles. The molecule has 0 aliphatic carbocycles. The van der Waals surface area contributed by atoms with E-state index < -0.39 is 11.1 Å². The van der Waals surface area contributed by atoms with Gasteiger partial charge < -0.3 is 20.2 Å². The molecule has 1 aliphatic rings. The lowest BCUT2D eigenvalue weighted by Gasteiger charge is -2.27. The third-order valence-corrected chi connectivity index (χ3v) is 5.65. The molecule has 0 fully saturated rings. The first-order chi connectivity index (χ1) is 15.4. The van der Waals surface area contributed by atoms with Crippen molar-refractivity contribution in [3.05, 3.63) is 110 Å². The molecule has 1 aromatic heterocycles. The minimum absolute atomic E-state index is 0.0619. The fraction of sp³-hybridized carbons (Fsp3) is 0.167. The quantitative estimate of drug-likeness (QED) is 0.531. The molecule has 1 aliphatic heterocycles. The number of ether oxygens (including phenoxy) is 1. The smallest absolute Gasteiger partial charge is 0.258 e. The summed E-state index contributed by atoms with van der Waals surface area (Å²) in [6, 6.07) is 19.8. The number of quaternary nitrogens is 1. The Morgan fingerprint density at radius 1 is 1.22 bits per heavy atom. The molecule has 0 spiro atoms. The van der Waals surface area contributed by atoms with E-state index in [4.69, 9.17) is 10.5 Å². The van der Waals surface area contributed by atoms with Crippen molar-refractivity contribution in [2.45, 2.75) is 25.8 Å². The Hall–Kier alpha value is -3.90. The van der Waals surface area contributed by atoms with Gasteiger partial charge in [0.05, 0.1) is 11.5 Å². The van der Waals surface area contributed by atoms with E-state index in [1.165, 1.54) is 12.1 Å². The van der Waals surface area contributed by atoms with Gasteiger partial charge in [-0.2, -0.15) is 10.5 Å². The second-order valence-electron chi connectivity index (χ2n) is 7.61. The molecular weight excluding hydrogens is 408 g/mol. The maximum absolute atomic E-state index is 13.6. The molecule has 8 heteroatoms.